The molecule has 104 valence electrons. The van der Waals surface area contributed by atoms with Crippen molar-refractivity contribution in [3.05, 3.63) is 0 Å². The van der Waals surface area contributed by atoms with Gasteiger partial charge in [0.1, 0.15) is 0 Å². The average molecular weight is 264 g/mol. The van der Waals surface area contributed by atoms with Crippen molar-refractivity contribution in [1.82, 2.24) is 0 Å². The van der Waals surface area contributed by atoms with Crippen LogP contribution in [0.2, 0.25) is 0 Å². The Bertz CT molecular complexity index is 494. The summed E-state index contributed by atoms with van der Waals surface area (Å²) >= 11 is 0. The highest BCUT2D eigenvalue weighted by atomic mass is 16.7. The van der Waals surface area contributed by atoms with E-state index in [1.807, 2.05) is 0 Å². The second kappa shape index (κ2) is 2.99. The van der Waals surface area contributed by atoms with Crippen molar-refractivity contribution < 1.29 is 19.1 Å². The Morgan fingerprint density at radius 1 is 1.11 bits per heavy atom. The maximum absolute atomic E-state index is 12.2. The molecular formula is C15H20O4. The van der Waals surface area contributed by atoms with E-state index >= 15 is 0 Å². The second-order valence-corrected chi connectivity index (χ2v) is 7.78. The van der Waals surface area contributed by atoms with Gasteiger partial charge in [-0.15, -0.1) is 0 Å². The fourth-order valence-corrected chi connectivity index (χ4v) is 6.24. The van der Waals surface area contributed by atoms with Crippen LogP contribution in [0, 0.1) is 28.1 Å². The van der Waals surface area contributed by atoms with Crippen molar-refractivity contribution in [2.75, 3.05) is 0 Å². The first-order valence-corrected chi connectivity index (χ1v) is 7.21. The lowest BCUT2D eigenvalue weighted by Crippen LogP contribution is -2.54. The molecule has 0 aromatic rings. The molecule has 0 aromatic carbocycles. The zero-order valence-corrected chi connectivity index (χ0v) is 11.7. The van der Waals surface area contributed by atoms with Crippen molar-refractivity contribution in [3.63, 3.8) is 0 Å². The molecule has 4 heteroatoms. The third-order valence-corrected chi connectivity index (χ3v) is 6.40. The van der Waals surface area contributed by atoms with Gasteiger partial charge < -0.3 is 9.47 Å². The van der Waals surface area contributed by atoms with Gasteiger partial charge in [0, 0.05) is 0 Å². The van der Waals surface area contributed by atoms with Crippen molar-refractivity contribution in [1.29, 1.82) is 0 Å². The quantitative estimate of drug-likeness (QED) is 0.630. The van der Waals surface area contributed by atoms with Gasteiger partial charge in [0.2, 0.25) is 0 Å². The van der Waals surface area contributed by atoms with E-state index < -0.39 is 6.29 Å². The molecule has 2 saturated heterocycles. The molecule has 0 radical (unpaired) electrons. The molecule has 4 aliphatic rings. The van der Waals surface area contributed by atoms with Crippen molar-refractivity contribution in [2.24, 2.45) is 28.1 Å². The SMILES string of the molecule is CC1(C)C[C@]2(C)CC(=O)O[C@@H]3OC(=O)[C@@H]4CC[C@@H]1[C@]342. The lowest BCUT2D eigenvalue weighted by molar-refractivity contribution is -0.228. The zero-order chi connectivity index (χ0) is 13.6. The van der Waals surface area contributed by atoms with Crippen LogP contribution in [0.1, 0.15) is 46.5 Å². The molecule has 2 saturated carbocycles. The van der Waals surface area contributed by atoms with Crippen LogP contribution in [-0.4, -0.2) is 18.2 Å². The van der Waals surface area contributed by atoms with Crippen LogP contribution >= 0.6 is 0 Å². The number of carbonyl (C=O) groups is 2. The summed E-state index contributed by atoms with van der Waals surface area (Å²) in [5, 5.41) is 0. The standard InChI is InChI=1S/C15H20O4/c1-13(2)7-14(3)6-10(16)18-12-15(14)8(11(17)19-12)4-5-9(13)15/h8-9,12H,4-7H2,1-3H3/t8-,9-,12+,14-,15-/m0/s1. The summed E-state index contributed by atoms with van der Waals surface area (Å²) in [6.45, 7) is 6.70. The maximum atomic E-state index is 12.2. The van der Waals surface area contributed by atoms with Crippen LogP contribution in [-0.2, 0) is 19.1 Å². The zero-order valence-electron chi connectivity index (χ0n) is 11.7. The third kappa shape index (κ3) is 1.05. The molecule has 0 aromatic heterocycles. The summed E-state index contributed by atoms with van der Waals surface area (Å²) in [5.41, 5.74) is -0.278. The number of rotatable bonds is 0. The summed E-state index contributed by atoms with van der Waals surface area (Å²) < 4.78 is 10.9. The first kappa shape index (κ1) is 11.7. The average Bonchev–Trinajstić information content (AvgIpc) is 2.80. The monoisotopic (exact) mass is 264 g/mol. The Labute approximate surface area is 112 Å². The van der Waals surface area contributed by atoms with Gasteiger partial charge in [0.15, 0.2) is 0 Å². The minimum Gasteiger partial charge on any atom is -0.424 e. The topological polar surface area (TPSA) is 52.6 Å². The van der Waals surface area contributed by atoms with Crippen LogP contribution in [0.3, 0.4) is 0 Å². The van der Waals surface area contributed by atoms with E-state index in [1.54, 1.807) is 0 Å². The van der Waals surface area contributed by atoms with E-state index in [2.05, 4.69) is 20.8 Å². The normalized spacial score (nSPS) is 53.5. The van der Waals surface area contributed by atoms with Gasteiger partial charge in [0.25, 0.3) is 6.29 Å². The van der Waals surface area contributed by atoms with Crippen LogP contribution in [0.4, 0.5) is 0 Å². The van der Waals surface area contributed by atoms with Gasteiger partial charge >= 0.3 is 11.9 Å². The fraction of sp³-hybridized carbons (Fsp3) is 0.867. The molecule has 2 heterocycles. The molecule has 0 unspecified atom stereocenters. The molecule has 19 heavy (non-hydrogen) atoms. The molecule has 2 aliphatic carbocycles. The molecular weight excluding hydrogens is 244 g/mol. The predicted octanol–water partition coefficient (Wildman–Crippen LogP) is 2.27. The second-order valence-electron chi connectivity index (χ2n) is 7.78. The highest BCUT2D eigenvalue weighted by molar-refractivity contribution is 5.80. The minimum absolute atomic E-state index is 0.0672. The van der Waals surface area contributed by atoms with Gasteiger partial charge in [-0.25, -0.2) is 0 Å². The first-order valence-electron chi connectivity index (χ1n) is 7.21. The van der Waals surface area contributed by atoms with Crippen molar-refractivity contribution in [3.8, 4) is 0 Å². The Morgan fingerprint density at radius 2 is 1.84 bits per heavy atom. The molecule has 4 rings (SSSR count). The Balaban J connectivity index is 1.95. The summed E-state index contributed by atoms with van der Waals surface area (Å²) in [5.74, 6) is -0.0111. The van der Waals surface area contributed by atoms with Crippen molar-refractivity contribution in [2.45, 2.75) is 52.7 Å². The van der Waals surface area contributed by atoms with E-state index in [9.17, 15) is 9.59 Å². The summed E-state index contributed by atoms with van der Waals surface area (Å²) in [7, 11) is 0. The Kier molecular flexibility index (Phi) is 1.85. The summed E-state index contributed by atoms with van der Waals surface area (Å²) in [6, 6.07) is 0. The van der Waals surface area contributed by atoms with Gasteiger partial charge in [-0.2, -0.15) is 0 Å². The van der Waals surface area contributed by atoms with E-state index in [0.29, 0.717) is 12.3 Å². The Hall–Kier alpha value is -1.06. The number of esters is 2. The van der Waals surface area contributed by atoms with E-state index in [4.69, 9.17) is 9.47 Å². The lowest BCUT2D eigenvalue weighted by atomic mass is 9.58. The third-order valence-electron chi connectivity index (χ3n) is 6.40. The van der Waals surface area contributed by atoms with Gasteiger partial charge in [-0.1, -0.05) is 20.8 Å². The van der Waals surface area contributed by atoms with Crippen molar-refractivity contribution >= 4 is 11.9 Å². The van der Waals surface area contributed by atoms with Gasteiger partial charge in [-0.05, 0) is 36.0 Å². The molecule has 4 fully saturated rings. The maximum Gasteiger partial charge on any atom is 0.312 e. The molecule has 0 amide bonds. The van der Waals surface area contributed by atoms with Gasteiger partial charge in [0.05, 0.1) is 17.8 Å². The number of ether oxygens (including phenoxy) is 2. The molecule has 5 atom stereocenters. The highest BCUT2D eigenvalue weighted by Crippen LogP contribution is 2.77. The van der Waals surface area contributed by atoms with Crippen LogP contribution in [0.25, 0.3) is 0 Å². The Morgan fingerprint density at radius 3 is 2.58 bits per heavy atom. The van der Waals surface area contributed by atoms with Gasteiger partial charge in [-0.3, -0.25) is 9.59 Å². The fourth-order valence-electron chi connectivity index (χ4n) is 6.24. The first-order chi connectivity index (χ1) is 8.81. The predicted molar refractivity (Wildman–Crippen MR) is 65.7 cm³/mol. The van der Waals surface area contributed by atoms with E-state index in [0.717, 1.165) is 19.3 Å². The number of hydrogen-bond donors (Lipinski definition) is 0. The highest BCUT2D eigenvalue weighted by Gasteiger charge is 2.80. The summed E-state index contributed by atoms with van der Waals surface area (Å²) in [6.07, 6.45) is 2.71. The largest absolute Gasteiger partial charge is 0.424 e. The molecule has 4 nitrogen and oxygen atoms in total. The summed E-state index contributed by atoms with van der Waals surface area (Å²) in [4.78, 5) is 24.1. The number of carbonyl (C=O) groups excluding carboxylic acids is 2. The molecule has 0 N–H and O–H groups in total. The smallest absolute Gasteiger partial charge is 0.312 e. The van der Waals surface area contributed by atoms with Crippen LogP contribution in [0.15, 0.2) is 0 Å². The van der Waals surface area contributed by atoms with E-state index in [-0.39, 0.29) is 34.1 Å². The van der Waals surface area contributed by atoms with E-state index in [1.165, 1.54) is 0 Å². The minimum atomic E-state index is -0.634. The lowest BCUT2D eigenvalue weighted by Gasteiger charge is -2.48. The molecule has 0 bridgehead atoms. The number of hydrogen-bond acceptors (Lipinski definition) is 4. The van der Waals surface area contributed by atoms with Crippen LogP contribution in [0.5, 0.6) is 0 Å². The molecule has 1 spiro atoms. The van der Waals surface area contributed by atoms with Crippen LogP contribution < -0.4 is 0 Å². The molecule has 2 aliphatic heterocycles.